The van der Waals surface area contributed by atoms with Crippen LogP contribution in [0.4, 0.5) is 0 Å². The number of amides is 1. The second-order valence-corrected chi connectivity index (χ2v) is 8.62. The van der Waals surface area contributed by atoms with Crippen molar-refractivity contribution in [2.45, 2.75) is 19.3 Å². The highest BCUT2D eigenvalue weighted by atomic mass is 79.9. The van der Waals surface area contributed by atoms with E-state index < -0.39 is 0 Å². The lowest BCUT2D eigenvalue weighted by atomic mass is 10.1. The number of aromatic nitrogens is 2. The van der Waals surface area contributed by atoms with Gasteiger partial charge in [-0.25, -0.2) is 4.98 Å². The zero-order chi connectivity index (χ0) is 19.8. The average Bonchev–Trinajstić information content (AvgIpc) is 3.11. The number of rotatable bonds is 4. The van der Waals surface area contributed by atoms with Gasteiger partial charge in [-0.2, -0.15) is 0 Å². The van der Waals surface area contributed by atoms with Crippen molar-refractivity contribution in [3.05, 3.63) is 52.5 Å². The molecular formula is C23H23BrN4O. The minimum absolute atomic E-state index is 0.0518. The molecule has 0 spiro atoms. The van der Waals surface area contributed by atoms with Crippen LogP contribution < -0.4 is 5.32 Å². The highest BCUT2D eigenvalue weighted by molar-refractivity contribution is 9.10. The van der Waals surface area contributed by atoms with Gasteiger partial charge >= 0.3 is 0 Å². The molecule has 3 heterocycles. The summed E-state index contributed by atoms with van der Waals surface area (Å²) in [5.41, 5.74) is 4.13. The van der Waals surface area contributed by atoms with E-state index in [9.17, 15) is 4.79 Å². The van der Waals surface area contributed by atoms with Crippen LogP contribution in [0, 0.1) is 0 Å². The van der Waals surface area contributed by atoms with Gasteiger partial charge < -0.3 is 15.2 Å². The number of hydrogen-bond acceptors (Lipinski definition) is 3. The number of pyridine rings is 1. The lowest BCUT2D eigenvalue weighted by Crippen LogP contribution is -2.37. The number of nitrogens with zero attached hydrogens (tertiary/aromatic N) is 2. The number of para-hydroxylation sites is 1. The van der Waals surface area contributed by atoms with E-state index in [4.69, 9.17) is 4.98 Å². The Labute approximate surface area is 177 Å². The van der Waals surface area contributed by atoms with Gasteiger partial charge in [0.2, 0.25) is 0 Å². The van der Waals surface area contributed by atoms with Crippen molar-refractivity contribution in [1.29, 1.82) is 0 Å². The van der Waals surface area contributed by atoms with E-state index in [1.807, 2.05) is 42.5 Å². The van der Waals surface area contributed by atoms with Gasteiger partial charge in [-0.1, -0.05) is 40.5 Å². The molecule has 2 N–H and O–H groups in total. The minimum Gasteiger partial charge on any atom is -0.353 e. The number of aromatic amines is 1. The SMILES string of the molecule is O=C(NCCN1CCCCC1)c1c2cc(Br)ccc2nc2c1[nH]c1ccccc12. The Hall–Kier alpha value is -2.44. The van der Waals surface area contributed by atoms with Crippen LogP contribution in [0.25, 0.3) is 32.8 Å². The lowest BCUT2D eigenvalue weighted by molar-refractivity contribution is 0.0949. The summed E-state index contributed by atoms with van der Waals surface area (Å²) in [7, 11) is 0. The van der Waals surface area contributed by atoms with Gasteiger partial charge in [0.1, 0.15) is 0 Å². The van der Waals surface area contributed by atoms with Gasteiger partial charge in [-0.15, -0.1) is 0 Å². The fraction of sp³-hybridized carbons (Fsp3) is 0.304. The molecule has 1 aliphatic rings. The molecule has 1 aliphatic heterocycles. The summed E-state index contributed by atoms with van der Waals surface area (Å²) in [4.78, 5) is 24.0. The topological polar surface area (TPSA) is 61.0 Å². The average molecular weight is 451 g/mol. The summed E-state index contributed by atoms with van der Waals surface area (Å²) >= 11 is 3.54. The molecule has 148 valence electrons. The molecule has 0 bridgehead atoms. The number of nitrogens with one attached hydrogen (secondary N) is 2. The third-order valence-electron chi connectivity index (χ3n) is 5.78. The van der Waals surface area contributed by atoms with E-state index in [2.05, 4.69) is 31.1 Å². The molecule has 2 aromatic heterocycles. The molecule has 29 heavy (non-hydrogen) atoms. The van der Waals surface area contributed by atoms with E-state index >= 15 is 0 Å². The standard InChI is InChI=1S/C23H23BrN4O/c24-15-8-9-19-17(14-15)20(23(29)25-10-13-28-11-4-1-5-12-28)22-21(26-19)16-6-2-3-7-18(16)27-22/h2-3,6-9,14,27H,1,4-5,10-13H2,(H,25,29). The molecule has 0 atom stereocenters. The van der Waals surface area contributed by atoms with Crippen LogP contribution in [0.5, 0.6) is 0 Å². The number of benzene rings is 2. The van der Waals surface area contributed by atoms with Gasteiger partial charge in [0, 0.05) is 33.9 Å². The zero-order valence-electron chi connectivity index (χ0n) is 16.2. The van der Waals surface area contributed by atoms with Crippen LogP contribution >= 0.6 is 15.9 Å². The summed E-state index contributed by atoms with van der Waals surface area (Å²) in [5.74, 6) is -0.0518. The summed E-state index contributed by atoms with van der Waals surface area (Å²) in [6, 6.07) is 14.0. The Bertz CT molecular complexity index is 1210. The number of hydrogen-bond donors (Lipinski definition) is 2. The fourth-order valence-corrected chi connectivity index (χ4v) is 4.68. The predicted molar refractivity (Wildman–Crippen MR) is 121 cm³/mol. The van der Waals surface area contributed by atoms with E-state index in [0.717, 1.165) is 56.9 Å². The summed E-state index contributed by atoms with van der Waals surface area (Å²) in [5, 5.41) is 5.04. The maximum atomic E-state index is 13.3. The van der Waals surface area contributed by atoms with Crippen molar-refractivity contribution in [3.63, 3.8) is 0 Å². The van der Waals surface area contributed by atoms with Gasteiger partial charge in [0.25, 0.3) is 5.91 Å². The first-order valence-electron chi connectivity index (χ1n) is 10.2. The van der Waals surface area contributed by atoms with Crippen LogP contribution in [0.3, 0.4) is 0 Å². The number of fused-ring (bicyclic) bond motifs is 4. The number of halogens is 1. The Morgan fingerprint density at radius 2 is 1.93 bits per heavy atom. The monoisotopic (exact) mass is 450 g/mol. The molecule has 4 aromatic rings. The highest BCUT2D eigenvalue weighted by Crippen LogP contribution is 2.32. The molecule has 2 aromatic carbocycles. The van der Waals surface area contributed by atoms with E-state index in [0.29, 0.717) is 12.1 Å². The minimum atomic E-state index is -0.0518. The van der Waals surface area contributed by atoms with Crippen LogP contribution in [0.2, 0.25) is 0 Å². The Balaban J connectivity index is 1.55. The molecule has 0 aliphatic carbocycles. The molecule has 0 unspecified atom stereocenters. The predicted octanol–water partition coefficient (Wildman–Crippen LogP) is 4.85. The molecule has 5 nitrogen and oxygen atoms in total. The van der Waals surface area contributed by atoms with Crippen molar-refractivity contribution >= 4 is 54.7 Å². The Morgan fingerprint density at radius 3 is 2.79 bits per heavy atom. The van der Waals surface area contributed by atoms with Crippen LogP contribution in [0.1, 0.15) is 29.6 Å². The smallest absolute Gasteiger partial charge is 0.254 e. The van der Waals surface area contributed by atoms with E-state index in [1.165, 1.54) is 19.3 Å². The second kappa shape index (κ2) is 7.76. The third-order valence-corrected chi connectivity index (χ3v) is 6.27. The Morgan fingerprint density at radius 1 is 1.10 bits per heavy atom. The first-order chi connectivity index (χ1) is 14.2. The van der Waals surface area contributed by atoms with E-state index in [-0.39, 0.29) is 5.91 Å². The largest absolute Gasteiger partial charge is 0.353 e. The lowest BCUT2D eigenvalue weighted by Gasteiger charge is -2.26. The molecule has 6 heteroatoms. The molecule has 1 amide bonds. The van der Waals surface area contributed by atoms with Crippen molar-refractivity contribution in [2.24, 2.45) is 0 Å². The summed E-state index contributed by atoms with van der Waals surface area (Å²) < 4.78 is 0.935. The van der Waals surface area contributed by atoms with E-state index in [1.54, 1.807) is 0 Å². The van der Waals surface area contributed by atoms with Crippen molar-refractivity contribution in [3.8, 4) is 0 Å². The van der Waals surface area contributed by atoms with Crippen LogP contribution in [0.15, 0.2) is 46.9 Å². The van der Waals surface area contributed by atoms with Crippen LogP contribution in [-0.4, -0.2) is 47.0 Å². The summed E-state index contributed by atoms with van der Waals surface area (Å²) in [6.07, 6.45) is 3.83. The van der Waals surface area contributed by atoms with Gasteiger partial charge in [-0.3, -0.25) is 4.79 Å². The number of likely N-dealkylation sites (tertiary alicyclic amines) is 1. The maximum Gasteiger partial charge on any atom is 0.254 e. The summed E-state index contributed by atoms with van der Waals surface area (Å²) in [6.45, 7) is 3.81. The quantitative estimate of drug-likeness (QED) is 0.467. The zero-order valence-corrected chi connectivity index (χ0v) is 17.8. The first kappa shape index (κ1) is 18.6. The number of carbonyl (C=O) groups is 1. The highest BCUT2D eigenvalue weighted by Gasteiger charge is 2.20. The van der Waals surface area contributed by atoms with Crippen molar-refractivity contribution in [2.75, 3.05) is 26.2 Å². The second-order valence-electron chi connectivity index (χ2n) is 7.70. The van der Waals surface area contributed by atoms with Crippen LogP contribution in [-0.2, 0) is 0 Å². The normalized spacial score (nSPS) is 15.3. The molecular weight excluding hydrogens is 428 g/mol. The van der Waals surface area contributed by atoms with Gasteiger partial charge in [0.05, 0.1) is 22.1 Å². The fourth-order valence-electron chi connectivity index (χ4n) is 4.32. The molecule has 1 fully saturated rings. The van der Waals surface area contributed by atoms with Gasteiger partial charge in [0.15, 0.2) is 0 Å². The van der Waals surface area contributed by atoms with Gasteiger partial charge in [-0.05, 0) is 50.2 Å². The molecule has 1 saturated heterocycles. The molecule has 0 radical (unpaired) electrons. The molecule has 5 rings (SSSR count). The first-order valence-corrected chi connectivity index (χ1v) is 11.0. The number of H-pyrrole nitrogens is 1. The molecule has 0 saturated carbocycles. The Kier molecular flexibility index (Phi) is 4.97. The van der Waals surface area contributed by atoms with Crippen molar-refractivity contribution in [1.82, 2.24) is 20.2 Å². The maximum absolute atomic E-state index is 13.3. The number of piperidine rings is 1. The number of carbonyl (C=O) groups excluding carboxylic acids is 1. The van der Waals surface area contributed by atoms with Crippen molar-refractivity contribution < 1.29 is 4.79 Å². The third kappa shape index (κ3) is 3.51.